The predicted molar refractivity (Wildman–Crippen MR) is 72.7 cm³/mol. The van der Waals surface area contributed by atoms with Crippen LogP contribution < -0.4 is 5.32 Å². The monoisotopic (exact) mass is 233 g/mol. The Bertz CT molecular complexity index is 359. The fourth-order valence-electron chi connectivity index (χ4n) is 1.43. The molecule has 0 aliphatic heterocycles. The summed E-state index contributed by atoms with van der Waals surface area (Å²) in [6.45, 7) is 6.96. The Kier molecular flexibility index (Phi) is 6.07. The first-order valence-corrected chi connectivity index (χ1v) is 6.62. The lowest BCUT2D eigenvalue weighted by Gasteiger charge is -2.12. The Labute approximate surface area is 103 Å². The molecule has 1 aromatic carbocycles. The molecular formula is C14H19NS. The van der Waals surface area contributed by atoms with Crippen molar-refractivity contribution in [2.45, 2.75) is 31.7 Å². The summed E-state index contributed by atoms with van der Waals surface area (Å²) in [5, 5.41) is 3.37. The van der Waals surface area contributed by atoms with Crippen molar-refractivity contribution in [3.05, 3.63) is 29.8 Å². The molecule has 0 amide bonds. The van der Waals surface area contributed by atoms with Crippen molar-refractivity contribution in [1.29, 1.82) is 0 Å². The van der Waals surface area contributed by atoms with Gasteiger partial charge in [0.1, 0.15) is 0 Å². The van der Waals surface area contributed by atoms with Crippen LogP contribution in [0.5, 0.6) is 0 Å². The maximum Gasteiger partial charge on any atom is 0.0581 e. The molecule has 1 nitrogen and oxygen atoms in total. The highest BCUT2D eigenvalue weighted by Gasteiger charge is 2.03. The molecule has 1 aromatic rings. The molecule has 0 heterocycles. The lowest BCUT2D eigenvalue weighted by molar-refractivity contribution is 0.623. The average Bonchev–Trinajstić information content (AvgIpc) is 2.30. The van der Waals surface area contributed by atoms with Crippen molar-refractivity contribution < 1.29 is 0 Å². The van der Waals surface area contributed by atoms with Crippen LogP contribution in [0.25, 0.3) is 0 Å². The van der Waals surface area contributed by atoms with Gasteiger partial charge in [-0.05, 0) is 37.3 Å². The highest BCUT2D eigenvalue weighted by atomic mass is 32.2. The number of thioether (sulfide) groups is 1. The molecule has 1 rings (SSSR count). The third-order valence-corrected chi connectivity index (χ3v) is 3.26. The van der Waals surface area contributed by atoms with Crippen LogP contribution in [0, 0.1) is 11.8 Å². The highest BCUT2D eigenvalue weighted by Crippen LogP contribution is 2.20. The number of rotatable bonds is 5. The predicted octanol–water partition coefficient (Wildman–Crippen LogP) is 3.47. The third kappa shape index (κ3) is 4.30. The van der Waals surface area contributed by atoms with Crippen LogP contribution in [0.2, 0.25) is 0 Å². The standard InChI is InChI=1S/C14H19NS/c1-4-6-11-15-12(3)13-7-9-14(10-8-13)16-5-2/h7-10,12,15H,5,11H2,1-3H3. The second-order valence-electron chi connectivity index (χ2n) is 3.53. The van der Waals surface area contributed by atoms with Gasteiger partial charge in [-0.2, -0.15) is 0 Å². The van der Waals surface area contributed by atoms with E-state index in [9.17, 15) is 0 Å². The van der Waals surface area contributed by atoms with Gasteiger partial charge in [0.25, 0.3) is 0 Å². The number of hydrogen-bond acceptors (Lipinski definition) is 2. The Morgan fingerprint density at radius 3 is 2.56 bits per heavy atom. The summed E-state index contributed by atoms with van der Waals surface area (Å²) < 4.78 is 0. The number of benzene rings is 1. The molecule has 1 unspecified atom stereocenters. The molecule has 0 fully saturated rings. The van der Waals surface area contributed by atoms with Crippen molar-refractivity contribution in [3.8, 4) is 11.8 Å². The maximum absolute atomic E-state index is 3.37. The van der Waals surface area contributed by atoms with Gasteiger partial charge in [-0.1, -0.05) is 25.0 Å². The van der Waals surface area contributed by atoms with E-state index in [0.717, 1.165) is 12.3 Å². The van der Waals surface area contributed by atoms with Gasteiger partial charge in [0.15, 0.2) is 0 Å². The van der Waals surface area contributed by atoms with Crippen LogP contribution in [0.3, 0.4) is 0 Å². The summed E-state index contributed by atoms with van der Waals surface area (Å²) in [6, 6.07) is 9.12. The zero-order chi connectivity index (χ0) is 11.8. The minimum absolute atomic E-state index is 0.363. The summed E-state index contributed by atoms with van der Waals surface area (Å²) in [5.74, 6) is 7.02. The first kappa shape index (κ1) is 13.2. The topological polar surface area (TPSA) is 12.0 Å². The summed E-state index contributed by atoms with van der Waals surface area (Å²) in [6.07, 6.45) is 0. The van der Waals surface area contributed by atoms with Crippen LogP contribution in [0.4, 0.5) is 0 Å². The van der Waals surface area contributed by atoms with E-state index >= 15 is 0 Å². The van der Waals surface area contributed by atoms with Crippen LogP contribution >= 0.6 is 11.8 Å². The van der Waals surface area contributed by atoms with Gasteiger partial charge >= 0.3 is 0 Å². The van der Waals surface area contributed by atoms with Gasteiger partial charge in [0.2, 0.25) is 0 Å². The van der Waals surface area contributed by atoms with Crippen LogP contribution in [-0.4, -0.2) is 12.3 Å². The Balaban J connectivity index is 2.54. The summed E-state index contributed by atoms with van der Waals surface area (Å²) in [7, 11) is 0. The zero-order valence-corrected chi connectivity index (χ0v) is 11.0. The van der Waals surface area contributed by atoms with Crippen LogP contribution in [-0.2, 0) is 0 Å². The first-order chi connectivity index (χ1) is 7.77. The SMILES string of the molecule is CC#CCNC(C)c1ccc(SCC)cc1. The smallest absolute Gasteiger partial charge is 0.0581 e. The Morgan fingerprint density at radius 2 is 2.00 bits per heavy atom. The molecule has 0 radical (unpaired) electrons. The molecule has 0 spiro atoms. The van der Waals surface area contributed by atoms with Gasteiger partial charge in [-0.15, -0.1) is 17.7 Å². The van der Waals surface area contributed by atoms with E-state index in [4.69, 9.17) is 0 Å². The largest absolute Gasteiger partial charge is 0.300 e. The molecule has 0 aliphatic rings. The summed E-state index contributed by atoms with van der Waals surface area (Å²) in [5.41, 5.74) is 1.32. The highest BCUT2D eigenvalue weighted by molar-refractivity contribution is 7.99. The molecule has 1 N–H and O–H groups in total. The van der Waals surface area contributed by atoms with Gasteiger partial charge < -0.3 is 0 Å². The molecule has 0 bridgehead atoms. The molecule has 1 atom stereocenters. The van der Waals surface area contributed by atoms with Crippen molar-refractivity contribution in [3.63, 3.8) is 0 Å². The Morgan fingerprint density at radius 1 is 1.31 bits per heavy atom. The fourth-order valence-corrected chi connectivity index (χ4v) is 2.09. The third-order valence-electron chi connectivity index (χ3n) is 2.36. The van der Waals surface area contributed by atoms with E-state index in [1.807, 2.05) is 18.7 Å². The molecule has 86 valence electrons. The van der Waals surface area contributed by atoms with E-state index in [-0.39, 0.29) is 0 Å². The van der Waals surface area contributed by atoms with Gasteiger partial charge in [-0.3, -0.25) is 5.32 Å². The Hall–Kier alpha value is -0.910. The lowest BCUT2D eigenvalue weighted by atomic mass is 10.1. The van der Waals surface area contributed by atoms with Crippen molar-refractivity contribution in [2.75, 3.05) is 12.3 Å². The molecular weight excluding hydrogens is 214 g/mol. The second kappa shape index (κ2) is 7.38. The minimum Gasteiger partial charge on any atom is -0.300 e. The van der Waals surface area contributed by atoms with Crippen molar-refractivity contribution in [2.24, 2.45) is 0 Å². The van der Waals surface area contributed by atoms with Crippen LogP contribution in [0.1, 0.15) is 32.4 Å². The van der Waals surface area contributed by atoms with Gasteiger partial charge in [0.05, 0.1) is 6.54 Å². The molecule has 0 saturated heterocycles. The molecule has 0 aliphatic carbocycles. The average molecular weight is 233 g/mol. The van der Waals surface area contributed by atoms with Crippen molar-refractivity contribution in [1.82, 2.24) is 5.32 Å². The second-order valence-corrected chi connectivity index (χ2v) is 4.87. The zero-order valence-electron chi connectivity index (χ0n) is 10.2. The lowest BCUT2D eigenvalue weighted by Crippen LogP contribution is -2.18. The van der Waals surface area contributed by atoms with Crippen LogP contribution in [0.15, 0.2) is 29.2 Å². The van der Waals surface area contributed by atoms with E-state index in [0.29, 0.717) is 6.04 Å². The van der Waals surface area contributed by atoms with E-state index < -0.39 is 0 Å². The quantitative estimate of drug-likeness (QED) is 0.617. The molecule has 0 aromatic heterocycles. The van der Waals surface area contributed by atoms with Gasteiger partial charge in [0, 0.05) is 10.9 Å². The fraction of sp³-hybridized carbons (Fsp3) is 0.429. The maximum atomic E-state index is 3.37. The number of hydrogen-bond donors (Lipinski definition) is 1. The molecule has 16 heavy (non-hydrogen) atoms. The summed E-state index contributed by atoms with van der Waals surface area (Å²) >= 11 is 1.87. The normalized spacial score (nSPS) is 11.7. The van der Waals surface area contributed by atoms with E-state index in [2.05, 4.69) is 55.3 Å². The van der Waals surface area contributed by atoms with E-state index in [1.165, 1.54) is 10.5 Å². The first-order valence-electron chi connectivity index (χ1n) is 5.63. The summed E-state index contributed by atoms with van der Waals surface area (Å²) in [4.78, 5) is 1.34. The van der Waals surface area contributed by atoms with Crippen molar-refractivity contribution >= 4 is 11.8 Å². The minimum atomic E-state index is 0.363. The molecule has 0 saturated carbocycles. The molecule has 2 heteroatoms. The number of nitrogens with one attached hydrogen (secondary N) is 1. The van der Waals surface area contributed by atoms with Gasteiger partial charge in [-0.25, -0.2) is 0 Å². The van der Waals surface area contributed by atoms with E-state index in [1.54, 1.807) is 0 Å².